The molecule has 0 aliphatic carbocycles. The van der Waals surface area contributed by atoms with Crippen molar-refractivity contribution < 1.29 is 23.7 Å². The zero-order chi connectivity index (χ0) is 24.0. The van der Waals surface area contributed by atoms with Crippen molar-refractivity contribution in [1.29, 1.82) is 0 Å². The summed E-state index contributed by atoms with van der Waals surface area (Å²) in [5, 5.41) is 20.8. The molecule has 2 heterocycles. The number of hydrogen-bond acceptors (Lipinski definition) is 7. The van der Waals surface area contributed by atoms with Gasteiger partial charge < -0.3 is 19.8 Å². The Morgan fingerprint density at radius 3 is 2.70 bits per heavy atom. The van der Waals surface area contributed by atoms with Gasteiger partial charge in [-0.05, 0) is 44.0 Å². The SMILES string of the molecule is CCCNC(=O)c1nn(CC)cc1NC(=O)c1ccc(COc2ccc(C)cc2[N+](=O)[O-])o1. The fourth-order valence-corrected chi connectivity index (χ4v) is 2.97. The molecule has 0 radical (unpaired) electrons. The van der Waals surface area contributed by atoms with E-state index in [9.17, 15) is 19.7 Å². The van der Waals surface area contributed by atoms with Crippen LogP contribution in [0.1, 0.15) is 52.6 Å². The van der Waals surface area contributed by atoms with Gasteiger partial charge in [0.15, 0.2) is 17.2 Å². The molecule has 2 aromatic heterocycles. The van der Waals surface area contributed by atoms with Crippen LogP contribution in [0.2, 0.25) is 0 Å². The van der Waals surface area contributed by atoms with Crippen molar-refractivity contribution in [3.05, 3.63) is 69.4 Å². The smallest absolute Gasteiger partial charge is 0.311 e. The highest BCUT2D eigenvalue weighted by Gasteiger charge is 2.21. The number of carbonyl (C=O) groups is 2. The van der Waals surface area contributed by atoms with Crippen LogP contribution < -0.4 is 15.4 Å². The number of hydrogen-bond donors (Lipinski definition) is 2. The van der Waals surface area contributed by atoms with Crippen molar-refractivity contribution in [2.75, 3.05) is 11.9 Å². The topological polar surface area (TPSA) is 142 Å². The molecule has 0 unspecified atom stereocenters. The first-order valence-electron chi connectivity index (χ1n) is 10.5. The predicted molar refractivity (Wildman–Crippen MR) is 119 cm³/mol. The van der Waals surface area contributed by atoms with E-state index in [2.05, 4.69) is 15.7 Å². The lowest BCUT2D eigenvalue weighted by Gasteiger charge is -2.06. The van der Waals surface area contributed by atoms with Gasteiger partial charge in [-0.2, -0.15) is 5.10 Å². The van der Waals surface area contributed by atoms with Crippen molar-refractivity contribution >= 4 is 23.2 Å². The number of benzene rings is 1. The van der Waals surface area contributed by atoms with Crippen LogP contribution in [0.25, 0.3) is 0 Å². The normalized spacial score (nSPS) is 10.6. The maximum absolute atomic E-state index is 12.7. The number of aromatic nitrogens is 2. The number of amides is 2. The molecule has 0 bridgehead atoms. The van der Waals surface area contributed by atoms with Crippen LogP contribution in [0, 0.1) is 17.0 Å². The third-order valence-electron chi connectivity index (χ3n) is 4.65. The number of nitrogens with zero attached hydrogens (tertiary/aromatic N) is 3. The Balaban J connectivity index is 1.69. The average Bonchev–Trinajstić information content (AvgIpc) is 3.43. The van der Waals surface area contributed by atoms with E-state index in [1.807, 2.05) is 13.8 Å². The zero-order valence-electron chi connectivity index (χ0n) is 18.6. The minimum absolute atomic E-state index is 0.00355. The van der Waals surface area contributed by atoms with Gasteiger partial charge in [0, 0.05) is 25.4 Å². The van der Waals surface area contributed by atoms with Crippen molar-refractivity contribution in [3.8, 4) is 5.75 Å². The predicted octanol–water partition coefficient (Wildman–Crippen LogP) is 3.68. The summed E-state index contributed by atoms with van der Waals surface area (Å²) in [6.07, 6.45) is 2.34. The Hall–Kier alpha value is -4.15. The largest absolute Gasteiger partial charge is 0.479 e. The lowest BCUT2D eigenvalue weighted by molar-refractivity contribution is -0.386. The summed E-state index contributed by atoms with van der Waals surface area (Å²) >= 11 is 0. The number of rotatable bonds is 10. The number of anilines is 1. The van der Waals surface area contributed by atoms with E-state index in [0.29, 0.717) is 18.8 Å². The molecule has 3 rings (SSSR count). The highest BCUT2D eigenvalue weighted by atomic mass is 16.6. The minimum Gasteiger partial charge on any atom is -0.479 e. The second kappa shape index (κ2) is 10.4. The van der Waals surface area contributed by atoms with Gasteiger partial charge in [0.05, 0.1) is 10.6 Å². The summed E-state index contributed by atoms with van der Waals surface area (Å²) in [5.74, 6) is -0.547. The molecule has 0 spiro atoms. The number of furan rings is 1. The lowest BCUT2D eigenvalue weighted by Crippen LogP contribution is -2.26. The molecule has 174 valence electrons. The summed E-state index contributed by atoms with van der Waals surface area (Å²) in [5.41, 5.74) is 0.960. The minimum atomic E-state index is -0.567. The molecule has 0 aliphatic heterocycles. The number of nitro groups is 1. The molecule has 2 amide bonds. The molecule has 3 aromatic rings. The quantitative estimate of drug-likeness (QED) is 0.351. The van der Waals surface area contributed by atoms with Crippen LogP contribution >= 0.6 is 0 Å². The van der Waals surface area contributed by atoms with E-state index in [-0.39, 0.29) is 41.1 Å². The van der Waals surface area contributed by atoms with Gasteiger partial charge in [0.1, 0.15) is 12.4 Å². The van der Waals surface area contributed by atoms with Crippen LogP contribution in [0.15, 0.2) is 40.9 Å². The number of carbonyl (C=O) groups excluding carboxylic acids is 2. The van der Waals surface area contributed by atoms with Crippen LogP contribution in [-0.4, -0.2) is 33.1 Å². The third kappa shape index (κ3) is 5.76. The Morgan fingerprint density at radius 1 is 1.21 bits per heavy atom. The molecule has 0 saturated heterocycles. The van der Waals surface area contributed by atoms with Gasteiger partial charge in [-0.25, -0.2) is 0 Å². The fourth-order valence-electron chi connectivity index (χ4n) is 2.97. The van der Waals surface area contributed by atoms with E-state index in [4.69, 9.17) is 9.15 Å². The Bertz CT molecular complexity index is 1170. The number of nitrogens with one attached hydrogen (secondary N) is 2. The molecular formula is C22H25N5O6. The maximum Gasteiger partial charge on any atom is 0.311 e. The highest BCUT2D eigenvalue weighted by molar-refractivity contribution is 6.07. The van der Waals surface area contributed by atoms with E-state index >= 15 is 0 Å². The van der Waals surface area contributed by atoms with Gasteiger partial charge >= 0.3 is 5.69 Å². The standard InChI is InChI=1S/C22H25N5O6/c1-4-10-23-22(29)20-16(12-26(5-2)25-20)24-21(28)19-9-7-15(33-19)13-32-18-8-6-14(3)11-17(18)27(30)31/h6-9,11-12H,4-5,10,13H2,1-3H3,(H,23,29)(H,24,28). The van der Waals surface area contributed by atoms with E-state index in [1.165, 1.54) is 18.2 Å². The first-order chi connectivity index (χ1) is 15.8. The van der Waals surface area contributed by atoms with Crippen LogP contribution in [0.5, 0.6) is 5.75 Å². The summed E-state index contributed by atoms with van der Waals surface area (Å²) in [6.45, 7) is 6.46. The first kappa shape index (κ1) is 23.5. The van der Waals surface area contributed by atoms with Gasteiger partial charge in [-0.3, -0.25) is 24.4 Å². The third-order valence-corrected chi connectivity index (χ3v) is 4.65. The summed E-state index contributed by atoms with van der Waals surface area (Å²) < 4.78 is 12.6. The summed E-state index contributed by atoms with van der Waals surface area (Å²) in [6, 6.07) is 7.63. The number of ether oxygens (including phenoxy) is 1. The van der Waals surface area contributed by atoms with Crippen molar-refractivity contribution in [2.24, 2.45) is 0 Å². The molecule has 0 aliphatic rings. The molecule has 11 heteroatoms. The molecule has 1 aromatic carbocycles. The van der Waals surface area contributed by atoms with E-state index < -0.39 is 10.8 Å². The van der Waals surface area contributed by atoms with Gasteiger partial charge in [-0.15, -0.1) is 0 Å². The monoisotopic (exact) mass is 455 g/mol. The Kier molecular flexibility index (Phi) is 7.44. The first-order valence-corrected chi connectivity index (χ1v) is 10.5. The fraction of sp³-hybridized carbons (Fsp3) is 0.318. The van der Waals surface area contributed by atoms with Crippen LogP contribution in [0.3, 0.4) is 0 Å². The van der Waals surface area contributed by atoms with Crippen LogP contribution in [0.4, 0.5) is 11.4 Å². The molecule has 0 atom stereocenters. The zero-order valence-corrected chi connectivity index (χ0v) is 18.6. The molecule has 2 N–H and O–H groups in total. The molecule has 11 nitrogen and oxygen atoms in total. The Labute approximate surface area is 189 Å². The molecule has 33 heavy (non-hydrogen) atoms. The summed E-state index contributed by atoms with van der Waals surface area (Å²) in [4.78, 5) is 35.7. The Morgan fingerprint density at radius 2 is 2.00 bits per heavy atom. The van der Waals surface area contributed by atoms with Gasteiger partial charge in [0.25, 0.3) is 11.8 Å². The van der Waals surface area contributed by atoms with E-state index in [0.717, 1.165) is 12.0 Å². The van der Waals surface area contributed by atoms with Crippen molar-refractivity contribution in [3.63, 3.8) is 0 Å². The maximum atomic E-state index is 12.7. The lowest BCUT2D eigenvalue weighted by atomic mass is 10.2. The van der Waals surface area contributed by atoms with Crippen molar-refractivity contribution in [1.82, 2.24) is 15.1 Å². The molecular weight excluding hydrogens is 430 g/mol. The average molecular weight is 455 g/mol. The van der Waals surface area contributed by atoms with Crippen LogP contribution in [-0.2, 0) is 13.2 Å². The van der Waals surface area contributed by atoms with E-state index in [1.54, 1.807) is 29.9 Å². The second-order valence-electron chi connectivity index (χ2n) is 7.24. The molecule has 0 saturated carbocycles. The second-order valence-corrected chi connectivity index (χ2v) is 7.24. The highest BCUT2D eigenvalue weighted by Crippen LogP contribution is 2.28. The van der Waals surface area contributed by atoms with Gasteiger partial charge in [-0.1, -0.05) is 13.0 Å². The van der Waals surface area contributed by atoms with Crippen molar-refractivity contribution in [2.45, 2.75) is 40.3 Å². The number of aryl methyl sites for hydroxylation is 2. The summed E-state index contributed by atoms with van der Waals surface area (Å²) in [7, 11) is 0. The number of nitro benzene ring substituents is 1. The van der Waals surface area contributed by atoms with Gasteiger partial charge in [0.2, 0.25) is 0 Å². The molecule has 0 fully saturated rings.